The Kier molecular flexibility index (Phi) is 5.18. The summed E-state index contributed by atoms with van der Waals surface area (Å²) in [6.45, 7) is 6.81. The SMILES string of the molecule is COCCOCC(O)CN1C[C@H]2CNC[C@H]2C1. The van der Waals surface area contributed by atoms with Gasteiger partial charge in [0.2, 0.25) is 0 Å². The highest BCUT2D eigenvalue weighted by atomic mass is 16.5. The molecule has 1 unspecified atom stereocenters. The van der Waals surface area contributed by atoms with Crippen LogP contribution in [0.5, 0.6) is 0 Å². The molecule has 2 aliphatic heterocycles. The maximum atomic E-state index is 9.85. The van der Waals surface area contributed by atoms with E-state index < -0.39 is 0 Å². The summed E-state index contributed by atoms with van der Waals surface area (Å²) in [5, 5.41) is 13.3. The number of hydrogen-bond donors (Lipinski definition) is 2. The lowest BCUT2D eigenvalue weighted by molar-refractivity contribution is 0.00139. The van der Waals surface area contributed by atoms with Crippen LogP contribution in [0.3, 0.4) is 0 Å². The third kappa shape index (κ3) is 3.89. The van der Waals surface area contributed by atoms with Crippen LogP contribution >= 0.6 is 0 Å². The van der Waals surface area contributed by atoms with Crippen LogP contribution in [0.4, 0.5) is 0 Å². The van der Waals surface area contributed by atoms with E-state index in [1.165, 1.54) is 0 Å². The molecule has 2 fully saturated rings. The van der Waals surface area contributed by atoms with Gasteiger partial charge in [-0.2, -0.15) is 0 Å². The molecule has 5 nitrogen and oxygen atoms in total. The van der Waals surface area contributed by atoms with E-state index in [1.54, 1.807) is 7.11 Å². The van der Waals surface area contributed by atoms with Gasteiger partial charge in [0.25, 0.3) is 0 Å². The molecule has 0 aliphatic carbocycles. The lowest BCUT2D eigenvalue weighted by Crippen LogP contribution is -2.35. The van der Waals surface area contributed by atoms with Crippen LogP contribution in [0.15, 0.2) is 0 Å². The summed E-state index contributed by atoms with van der Waals surface area (Å²) in [7, 11) is 1.65. The second-order valence-electron chi connectivity index (χ2n) is 5.12. The first-order chi connectivity index (χ1) is 8.29. The third-order valence-electron chi connectivity index (χ3n) is 3.68. The number of rotatable bonds is 7. The van der Waals surface area contributed by atoms with Crippen molar-refractivity contribution in [3.63, 3.8) is 0 Å². The van der Waals surface area contributed by atoms with Gasteiger partial charge in [0.1, 0.15) is 0 Å². The summed E-state index contributed by atoms with van der Waals surface area (Å²) in [5.74, 6) is 1.58. The van der Waals surface area contributed by atoms with Crippen molar-refractivity contribution in [2.24, 2.45) is 11.8 Å². The van der Waals surface area contributed by atoms with Crippen molar-refractivity contribution in [3.8, 4) is 0 Å². The van der Waals surface area contributed by atoms with Crippen LogP contribution in [0.1, 0.15) is 0 Å². The van der Waals surface area contributed by atoms with Crippen LogP contribution in [0.25, 0.3) is 0 Å². The van der Waals surface area contributed by atoms with E-state index >= 15 is 0 Å². The molecule has 0 bridgehead atoms. The molecule has 0 radical (unpaired) electrons. The van der Waals surface area contributed by atoms with Gasteiger partial charge in [0, 0.05) is 26.7 Å². The summed E-state index contributed by atoms with van der Waals surface area (Å²) in [6, 6.07) is 0. The van der Waals surface area contributed by atoms with Crippen molar-refractivity contribution in [1.29, 1.82) is 0 Å². The average Bonchev–Trinajstić information content (AvgIpc) is 2.84. The topological polar surface area (TPSA) is 54.0 Å². The molecule has 2 heterocycles. The van der Waals surface area contributed by atoms with Gasteiger partial charge in [-0.05, 0) is 24.9 Å². The van der Waals surface area contributed by atoms with Crippen LogP contribution in [0.2, 0.25) is 0 Å². The Morgan fingerprint density at radius 3 is 2.65 bits per heavy atom. The highest BCUT2D eigenvalue weighted by molar-refractivity contribution is 4.91. The molecular weight excluding hydrogens is 220 g/mol. The second kappa shape index (κ2) is 6.66. The number of β-amino-alcohol motifs (C(OH)–C–C–N with tert-alkyl or cyclic N) is 1. The van der Waals surface area contributed by atoms with Crippen molar-refractivity contribution in [2.75, 3.05) is 59.7 Å². The van der Waals surface area contributed by atoms with Gasteiger partial charge in [0.15, 0.2) is 0 Å². The van der Waals surface area contributed by atoms with E-state index in [1.807, 2.05) is 0 Å². The zero-order chi connectivity index (χ0) is 12.1. The molecule has 5 heteroatoms. The molecule has 0 spiro atoms. The normalized spacial score (nSPS) is 30.7. The Bertz CT molecular complexity index is 216. The zero-order valence-electron chi connectivity index (χ0n) is 10.6. The largest absolute Gasteiger partial charge is 0.389 e. The molecule has 0 aromatic heterocycles. The molecule has 0 saturated carbocycles. The Morgan fingerprint density at radius 2 is 2.00 bits per heavy atom. The van der Waals surface area contributed by atoms with E-state index in [0.717, 1.165) is 44.6 Å². The Hall–Kier alpha value is -0.200. The molecule has 0 amide bonds. The van der Waals surface area contributed by atoms with E-state index in [2.05, 4.69) is 10.2 Å². The fraction of sp³-hybridized carbons (Fsp3) is 1.00. The lowest BCUT2D eigenvalue weighted by Gasteiger charge is -2.20. The number of nitrogens with zero attached hydrogens (tertiary/aromatic N) is 1. The van der Waals surface area contributed by atoms with Crippen molar-refractivity contribution in [2.45, 2.75) is 6.10 Å². The number of aliphatic hydroxyl groups excluding tert-OH is 1. The predicted octanol–water partition coefficient (Wildman–Crippen LogP) is -0.838. The Balaban J connectivity index is 1.58. The van der Waals surface area contributed by atoms with E-state index in [-0.39, 0.29) is 6.10 Å². The minimum absolute atomic E-state index is 0.376. The summed E-state index contributed by atoms with van der Waals surface area (Å²) < 4.78 is 10.2. The zero-order valence-corrected chi connectivity index (χ0v) is 10.6. The molecule has 100 valence electrons. The minimum Gasteiger partial charge on any atom is -0.389 e. The second-order valence-corrected chi connectivity index (χ2v) is 5.12. The van der Waals surface area contributed by atoms with Crippen molar-refractivity contribution in [1.82, 2.24) is 10.2 Å². The van der Waals surface area contributed by atoms with Gasteiger partial charge in [-0.25, -0.2) is 0 Å². The number of hydrogen-bond acceptors (Lipinski definition) is 5. The van der Waals surface area contributed by atoms with E-state index in [4.69, 9.17) is 9.47 Å². The van der Waals surface area contributed by atoms with Crippen LogP contribution in [-0.4, -0.2) is 75.8 Å². The highest BCUT2D eigenvalue weighted by Crippen LogP contribution is 2.26. The number of aliphatic hydroxyl groups is 1. The molecule has 3 atom stereocenters. The third-order valence-corrected chi connectivity index (χ3v) is 3.68. The molecule has 0 aromatic carbocycles. The smallest absolute Gasteiger partial charge is 0.0900 e. The highest BCUT2D eigenvalue weighted by Gasteiger charge is 2.36. The first kappa shape index (κ1) is 13.2. The maximum absolute atomic E-state index is 9.85. The number of methoxy groups -OCH3 is 1. The maximum Gasteiger partial charge on any atom is 0.0900 e. The first-order valence-electron chi connectivity index (χ1n) is 6.47. The summed E-state index contributed by atoms with van der Waals surface area (Å²) in [6.07, 6.45) is -0.376. The predicted molar refractivity (Wildman–Crippen MR) is 65.0 cm³/mol. The van der Waals surface area contributed by atoms with Gasteiger partial charge in [-0.1, -0.05) is 0 Å². The molecule has 0 aromatic rings. The van der Waals surface area contributed by atoms with Crippen LogP contribution in [-0.2, 0) is 9.47 Å². The quantitative estimate of drug-likeness (QED) is 0.572. The average molecular weight is 244 g/mol. The Morgan fingerprint density at radius 1 is 1.29 bits per heavy atom. The first-order valence-corrected chi connectivity index (χ1v) is 6.47. The summed E-state index contributed by atoms with van der Waals surface area (Å²) >= 11 is 0. The van der Waals surface area contributed by atoms with Crippen LogP contribution < -0.4 is 5.32 Å². The minimum atomic E-state index is -0.376. The fourth-order valence-corrected chi connectivity index (χ4v) is 2.81. The number of likely N-dealkylation sites (tertiary alicyclic amines) is 1. The van der Waals surface area contributed by atoms with Crippen molar-refractivity contribution in [3.05, 3.63) is 0 Å². The van der Waals surface area contributed by atoms with Gasteiger partial charge in [0.05, 0.1) is 25.9 Å². The number of nitrogens with one attached hydrogen (secondary N) is 1. The van der Waals surface area contributed by atoms with Crippen LogP contribution in [0, 0.1) is 11.8 Å². The van der Waals surface area contributed by atoms with Gasteiger partial charge < -0.3 is 24.8 Å². The molecule has 2 aliphatic rings. The van der Waals surface area contributed by atoms with Crippen molar-refractivity contribution < 1.29 is 14.6 Å². The van der Waals surface area contributed by atoms with Gasteiger partial charge in [-0.3, -0.25) is 0 Å². The number of fused-ring (bicyclic) bond motifs is 1. The molecule has 2 saturated heterocycles. The Labute approximate surface area is 103 Å². The lowest BCUT2D eigenvalue weighted by atomic mass is 10.0. The van der Waals surface area contributed by atoms with E-state index in [0.29, 0.717) is 19.8 Å². The standard InChI is InChI=1S/C12H24N2O3/c1-16-2-3-17-9-12(15)8-14-6-10-4-13-5-11(10)7-14/h10-13,15H,2-9H2,1H3/t10-,11+,12?. The fourth-order valence-electron chi connectivity index (χ4n) is 2.81. The van der Waals surface area contributed by atoms with Gasteiger partial charge in [-0.15, -0.1) is 0 Å². The molecular formula is C12H24N2O3. The number of ether oxygens (including phenoxy) is 2. The molecule has 17 heavy (non-hydrogen) atoms. The van der Waals surface area contributed by atoms with Gasteiger partial charge >= 0.3 is 0 Å². The van der Waals surface area contributed by atoms with Crippen molar-refractivity contribution >= 4 is 0 Å². The summed E-state index contributed by atoms with van der Waals surface area (Å²) in [5.41, 5.74) is 0. The monoisotopic (exact) mass is 244 g/mol. The molecule has 2 rings (SSSR count). The van der Waals surface area contributed by atoms with E-state index in [9.17, 15) is 5.11 Å². The summed E-state index contributed by atoms with van der Waals surface area (Å²) in [4.78, 5) is 2.36. The molecule has 2 N–H and O–H groups in total.